The molecular formula is C39H45NO10. The monoisotopic (exact) mass is 687 g/mol. The molecule has 0 amide bonds. The zero-order valence-corrected chi connectivity index (χ0v) is 28.8. The molecule has 7 rings (SSSR count). The molecule has 3 aromatic carbocycles. The van der Waals surface area contributed by atoms with Crippen LogP contribution in [0, 0.1) is 11.3 Å². The number of benzene rings is 3. The van der Waals surface area contributed by atoms with Crippen molar-refractivity contribution in [3.8, 4) is 6.07 Å². The summed E-state index contributed by atoms with van der Waals surface area (Å²) >= 11 is 0. The molecular weight excluding hydrogens is 642 g/mol. The lowest BCUT2D eigenvalue weighted by Crippen LogP contribution is -2.66. The summed E-state index contributed by atoms with van der Waals surface area (Å²) in [5.74, 6) is -0.867. The Labute approximate surface area is 293 Å². The second kappa shape index (κ2) is 15.6. The van der Waals surface area contributed by atoms with Crippen LogP contribution in [-0.4, -0.2) is 87.2 Å². The summed E-state index contributed by atoms with van der Waals surface area (Å²) in [7, 11) is 1.59. The van der Waals surface area contributed by atoms with E-state index >= 15 is 0 Å². The fourth-order valence-electron chi connectivity index (χ4n) is 7.14. The minimum atomic E-state index is -0.910. The Balaban J connectivity index is 1.19. The van der Waals surface area contributed by atoms with Gasteiger partial charge in [-0.25, -0.2) is 0 Å². The third kappa shape index (κ3) is 7.81. The Morgan fingerprint density at radius 3 is 2.06 bits per heavy atom. The molecule has 11 heteroatoms. The van der Waals surface area contributed by atoms with Gasteiger partial charge in [0.25, 0.3) is 0 Å². The third-order valence-corrected chi connectivity index (χ3v) is 9.53. The number of fused-ring (bicyclic) bond motifs is 2. The number of ether oxygens (including phenoxy) is 10. The maximum atomic E-state index is 9.71. The molecule has 4 heterocycles. The predicted octanol–water partition coefficient (Wildman–Crippen LogP) is 5.03. The average molecular weight is 688 g/mol. The first-order chi connectivity index (χ1) is 24.3. The molecule has 4 fully saturated rings. The highest BCUT2D eigenvalue weighted by molar-refractivity contribution is 5.37. The lowest BCUT2D eigenvalue weighted by Gasteiger charge is -2.50. The first-order valence-corrected chi connectivity index (χ1v) is 17.2. The quantitative estimate of drug-likeness (QED) is 0.270. The normalized spacial score (nSPS) is 34.7. The average Bonchev–Trinajstić information content (AvgIpc) is 3.47. The van der Waals surface area contributed by atoms with Gasteiger partial charge in [0.2, 0.25) is 0 Å². The SMILES string of the molecule is CO[C@@H]1O[C@@H](C)[C@H](O[C@@H]2O[C@@H]3CO[C@@H](Cc4ccccc4C#N)O[C@H]3[C@H](OCc3ccccc3)[C@@H]2OCc2ccccc2)[C@H]2OC(C)(C)O[C@@H]12. The first-order valence-electron chi connectivity index (χ1n) is 17.2. The van der Waals surface area contributed by atoms with Gasteiger partial charge >= 0.3 is 0 Å². The topological polar surface area (TPSA) is 116 Å². The van der Waals surface area contributed by atoms with Gasteiger partial charge < -0.3 is 47.4 Å². The number of hydrogen-bond acceptors (Lipinski definition) is 11. The van der Waals surface area contributed by atoms with Crippen LogP contribution in [0.1, 0.15) is 43.0 Å². The van der Waals surface area contributed by atoms with Crippen molar-refractivity contribution in [2.75, 3.05) is 13.7 Å². The van der Waals surface area contributed by atoms with Crippen LogP contribution >= 0.6 is 0 Å². The second-order valence-corrected chi connectivity index (χ2v) is 13.5. The van der Waals surface area contributed by atoms with Crippen LogP contribution in [0.15, 0.2) is 84.9 Å². The van der Waals surface area contributed by atoms with Crippen LogP contribution in [0.4, 0.5) is 0 Å². The molecule has 0 aromatic heterocycles. The van der Waals surface area contributed by atoms with E-state index in [2.05, 4.69) is 6.07 Å². The molecule has 0 bridgehead atoms. The molecule has 0 radical (unpaired) electrons. The summed E-state index contributed by atoms with van der Waals surface area (Å²) in [6, 6.07) is 29.6. The van der Waals surface area contributed by atoms with Gasteiger partial charge in [0.15, 0.2) is 24.7 Å². The molecule has 0 aliphatic carbocycles. The van der Waals surface area contributed by atoms with Crippen LogP contribution in [0.2, 0.25) is 0 Å². The number of nitriles is 1. The summed E-state index contributed by atoms with van der Waals surface area (Å²) < 4.78 is 64.4. The number of rotatable bonds is 11. The van der Waals surface area contributed by atoms with Crippen molar-refractivity contribution in [1.29, 1.82) is 5.26 Å². The number of methoxy groups -OCH3 is 1. The molecule has 4 aliphatic heterocycles. The minimum absolute atomic E-state index is 0.224. The van der Waals surface area contributed by atoms with Gasteiger partial charge in [-0.05, 0) is 43.5 Å². The van der Waals surface area contributed by atoms with E-state index < -0.39 is 73.5 Å². The molecule has 4 saturated heterocycles. The Bertz CT molecular complexity index is 1580. The van der Waals surface area contributed by atoms with E-state index in [4.69, 9.17) is 47.4 Å². The molecule has 11 nitrogen and oxygen atoms in total. The molecule has 11 atom stereocenters. The second-order valence-electron chi connectivity index (χ2n) is 13.5. The summed E-state index contributed by atoms with van der Waals surface area (Å²) in [5.41, 5.74) is 3.41. The maximum Gasteiger partial charge on any atom is 0.187 e. The van der Waals surface area contributed by atoms with Gasteiger partial charge in [-0.1, -0.05) is 78.9 Å². The lowest BCUT2D eigenvalue weighted by molar-refractivity contribution is -0.386. The Morgan fingerprint density at radius 1 is 0.740 bits per heavy atom. The first kappa shape index (κ1) is 35.2. The van der Waals surface area contributed by atoms with Crippen molar-refractivity contribution in [2.24, 2.45) is 0 Å². The van der Waals surface area contributed by atoms with Gasteiger partial charge in [-0.15, -0.1) is 0 Å². The standard InChI is InChI=1S/C39H45NO10/c1-24-31(34-36(37(41-4)45-24)50-39(2,3)49-34)48-38-35(44-22-26-15-9-6-10-16-26)33(43-21-25-13-7-5-8-14-25)32-29(46-38)23-42-30(47-32)19-27-17-11-12-18-28(27)20-40/h5-18,24,29-38H,19,21-23H2,1-4H3/t24-,29+,30+,31-,32+,33-,34+,35-,36+,37+,38-/m0/s1. The van der Waals surface area contributed by atoms with E-state index in [1.54, 1.807) is 13.2 Å². The van der Waals surface area contributed by atoms with Gasteiger partial charge in [0.05, 0.1) is 37.6 Å². The van der Waals surface area contributed by atoms with Crippen LogP contribution in [0.5, 0.6) is 0 Å². The van der Waals surface area contributed by atoms with Gasteiger partial charge in [-0.2, -0.15) is 5.26 Å². The highest BCUT2D eigenvalue weighted by atomic mass is 16.8. The van der Waals surface area contributed by atoms with Gasteiger partial charge in [-0.3, -0.25) is 0 Å². The molecule has 0 N–H and O–H groups in total. The van der Waals surface area contributed by atoms with Crippen LogP contribution < -0.4 is 0 Å². The third-order valence-electron chi connectivity index (χ3n) is 9.53. The van der Waals surface area contributed by atoms with Crippen molar-refractivity contribution in [2.45, 2.75) is 114 Å². The maximum absolute atomic E-state index is 9.71. The molecule has 3 aromatic rings. The highest BCUT2D eigenvalue weighted by Crippen LogP contribution is 2.41. The van der Waals surface area contributed by atoms with E-state index in [0.717, 1.165) is 16.7 Å². The minimum Gasteiger partial charge on any atom is -0.368 e. The van der Waals surface area contributed by atoms with E-state index in [0.29, 0.717) is 18.6 Å². The van der Waals surface area contributed by atoms with Crippen LogP contribution in [-0.2, 0) is 67.0 Å². The van der Waals surface area contributed by atoms with Crippen LogP contribution in [0.3, 0.4) is 0 Å². The molecule has 0 spiro atoms. The van der Waals surface area contributed by atoms with Crippen molar-refractivity contribution < 1.29 is 47.4 Å². The summed E-state index contributed by atoms with van der Waals surface area (Å²) in [6.07, 6.45) is -6.27. The Kier molecular flexibility index (Phi) is 10.9. The zero-order valence-electron chi connectivity index (χ0n) is 28.8. The van der Waals surface area contributed by atoms with E-state index in [1.807, 2.05) is 99.6 Å². The predicted molar refractivity (Wildman–Crippen MR) is 178 cm³/mol. The van der Waals surface area contributed by atoms with E-state index in [-0.39, 0.29) is 13.2 Å². The lowest BCUT2D eigenvalue weighted by atomic mass is 9.95. The van der Waals surface area contributed by atoms with Gasteiger partial charge in [0.1, 0.15) is 42.7 Å². The van der Waals surface area contributed by atoms with Crippen molar-refractivity contribution in [1.82, 2.24) is 0 Å². The Morgan fingerprint density at radius 2 is 1.38 bits per heavy atom. The zero-order chi connectivity index (χ0) is 34.7. The molecule has 266 valence electrons. The fourth-order valence-corrected chi connectivity index (χ4v) is 7.14. The molecule has 0 saturated carbocycles. The molecule has 0 unspecified atom stereocenters. The molecule has 4 aliphatic rings. The van der Waals surface area contributed by atoms with Crippen LogP contribution in [0.25, 0.3) is 0 Å². The number of hydrogen-bond donors (Lipinski definition) is 0. The smallest absolute Gasteiger partial charge is 0.187 e. The number of nitrogens with zero attached hydrogens (tertiary/aromatic N) is 1. The van der Waals surface area contributed by atoms with Gasteiger partial charge in [0, 0.05) is 13.5 Å². The summed E-state index contributed by atoms with van der Waals surface area (Å²) in [6.45, 7) is 6.47. The summed E-state index contributed by atoms with van der Waals surface area (Å²) in [4.78, 5) is 0. The largest absolute Gasteiger partial charge is 0.368 e. The van der Waals surface area contributed by atoms with Crippen molar-refractivity contribution in [3.63, 3.8) is 0 Å². The Hall–Kier alpha value is -3.25. The van der Waals surface area contributed by atoms with E-state index in [9.17, 15) is 5.26 Å². The molecule has 50 heavy (non-hydrogen) atoms. The highest BCUT2D eigenvalue weighted by Gasteiger charge is 2.58. The summed E-state index contributed by atoms with van der Waals surface area (Å²) in [5, 5.41) is 9.71. The van der Waals surface area contributed by atoms with E-state index in [1.165, 1.54) is 0 Å². The fraction of sp³-hybridized carbons (Fsp3) is 0.513. The van der Waals surface area contributed by atoms with Crippen molar-refractivity contribution in [3.05, 3.63) is 107 Å². The van der Waals surface area contributed by atoms with Crippen molar-refractivity contribution >= 4 is 0 Å².